The second-order valence-electron chi connectivity index (χ2n) is 6.08. The summed E-state index contributed by atoms with van der Waals surface area (Å²) in [6, 6.07) is 13.5. The van der Waals surface area contributed by atoms with Gasteiger partial charge in [0.1, 0.15) is 0 Å². The normalized spacial score (nSPS) is 12.7. The molecule has 1 saturated heterocycles. The van der Waals surface area contributed by atoms with E-state index in [-0.39, 0.29) is 24.1 Å². The first-order valence-electron chi connectivity index (χ1n) is 8.45. The van der Waals surface area contributed by atoms with Gasteiger partial charge in [0.15, 0.2) is 0 Å². The van der Waals surface area contributed by atoms with Gasteiger partial charge in [0.25, 0.3) is 5.91 Å². The minimum absolute atomic E-state index is 0.106. The minimum Gasteiger partial charge on any atom is -0.322 e. The van der Waals surface area contributed by atoms with Crippen molar-refractivity contribution in [2.45, 2.75) is 19.3 Å². The molecule has 2 aromatic rings. The minimum atomic E-state index is -0.276. The molecule has 0 spiro atoms. The second kappa shape index (κ2) is 8.16. The average Bonchev–Trinajstić information content (AvgIpc) is 2.67. The van der Waals surface area contributed by atoms with E-state index in [4.69, 9.17) is 5.53 Å². The molecule has 2 aromatic carbocycles. The molecule has 1 aliphatic rings. The number of rotatable bonds is 6. The van der Waals surface area contributed by atoms with Crippen molar-refractivity contribution in [3.63, 3.8) is 0 Å². The molecular formula is C19H17N5O3. The quantitative estimate of drug-likeness (QED) is 0.366. The van der Waals surface area contributed by atoms with E-state index in [1.54, 1.807) is 36.4 Å². The number of nitrogens with one attached hydrogen (secondary N) is 1. The average molecular weight is 363 g/mol. The van der Waals surface area contributed by atoms with Crippen LogP contribution in [0.5, 0.6) is 0 Å². The first kappa shape index (κ1) is 18.2. The lowest BCUT2D eigenvalue weighted by atomic mass is 10.1. The number of carbonyl (C=O) groups is 3. The van der Waals surface area contributed by atoms with Gasteiger partial charge in [0, 0.05) is 41.2 Å². The van der Waals surface area contributed by atoms with Crippen molar-refractivity contribution >= 4 is 29.1 Å². The predicted molar refractivity (Wildman–Crippen MR) is 99.3 cm³/mol. The van der Waals surface area contributed by atoms with Crippen molar-refractivity contribution in [2.24, 2.45) is 5.11 Å². The zero-order valence-corrected chi connectivity index (χ0v) is 14.5. The second-order valence-corrected chi connectivity index (χ2v) is 6.08. The summed E-state index contributed by atoms with van der Waals surface area (Å²) in [5.74, 6) is -0.528. The molecule has 8 nitrogen and oxygen atoms in total. The number of imide groups is 1. The Bertz CT molecular complexity index is 915. The first-order chi connectivity index (χ1) is 13.1. The van der Waals surface area contributed by atoms with Crippen molar-refractivity contribution in [3.8, 4) is 0 Å². The van der Waals surface area contributed by atoms with Gasteiger partial charge >= 0.3 is 0 Å². The molecule has 0 radical (unpaired) electrons. The Morgan fingerprint density at radius 2 is 1.81 bits per heavy atom. The predicted octanol–water partition coefficient (Wildman–Crippen LogP) is 3.57. The van der Waals surface area contributed by atoms with Gasteiger partial charge in [-0.15, -0.1) is 0 Å². The molecule has 1 N–H and O–H groups in total. The van der Waals surface area contributed by atoms with Gasteiger partial charge in [-0.3, -0.25) is 19.3 Å². The van der Waals surface area contributed by atoms with Crippen molar-refractivity contribution in [3.05, 3.63) is 70.1 Å². The molecule has 0 aromatic heterocycles. The van der Waals surface area contributed by atoms with Crippen LogP contribution in [0.2, 0.25) is 0 Å². The number of likely N-dealkylation sites (tertiary alicyclic amines) is 1. The number of amides is 3. The number of hydrogen-bond donors (Lipinski definition) is 1. The van der Waals surface area contributed by atoms with E-state index < -0.39 is 0 Å². The smallest absolute Gasteiger partial charge is 0.255 e. The number of anilines is 1. The lowest BCUT2D eigenvalue weighted by Gasteiger charge is -2.28. The maximum atomic E-state index is 12.2. The lowest BCUT2D eigenvalue weighted by molar-refractivity contribution is -0.152. The van der Waals surface area contributed by atoms with Gasteiger partial charge in [-0.05, 0) is 41.8 Å². The van der Waals surface area contributed by atoms with Gasteiger partial charge in [-0.25, -0.2) is 0 Å². The van der Waals surface area contributed by atoms with Crippen molar-refractivity contribution in [1.29, 1.82) is 0 Å². The zero-order valence-electron chi connectivity index (χ0n) is 14.5. The highest BCUT2D eigenvalue weighted by Crippen LogP contribution is 2.17. The van der Waals surface area contributed by atoms with Crippen molar-refractivity contribution < 1.29 is 14.4 Å². The number of nitrogens with zero attached hydrogens (tertiary/aromatic N) is 4. The summed E-state index contributed by atoms with van der Waals surface area (Å²) >= 11 is 0. The van der Waals surface area contributed by atoms with Gasteiger partial charge < -0.3 is 5.32 Å². The molecule has 0 saturated carbocycles. The van der Waals surface area contributed by atoms with Crippen LogP contribution in [0.3, 0.4) is 0 Å². The molecule has 1 fully saturated rings. The SMILES string of the molecule is [N-]=[N+]=Nc1ccc(C(=O)Nc2ccc(CCC(=O)N3CCC3=O)cc2)cc1. The molecule has 3 amide bonds. The van der Waals surface area contributed by atoms with Gasteiger partial charge in [0.05, 0.1) is 0 Å². The number of azide groups is 1. The number of benzene rings is 2. The number of β-lactam (4-membered cyclic amide) rings is 1. The van der Waals surface area contributed by atoms with Crippen LogP contribution in [-0.4, -0.2) is 29.2 Å². The van der Waals surface area contributed by atoms with Crippen LogP contribution in [0.25, 0.3) is 10.4 Å². The molecule has 0 unspecified atom stereocenters. The van der Waals surface area contributed by atoms with E-state index in [1.165, 1.54) is 4.90 Å². The summed E-state index contributed by atoms with van der Waals surface area (Å²) in [7, 11) is 0. The fourth-order valence-electron chi connectivity index (χ4n) is 2.65. The summed E-state index contributed by atoms with van der Waals surface area (Å²) in [6.45, 7) is 0.520. The highest BCUT2D eigenvalue weighted by atomic mass is 16.2. The summed E-state index contributed by atoms with van der Waals surface area (Å²) < 4.78 is 0. The molecule has 1 aliphatic heterocycles. The lowest BCUT2D eigenvalue weighted by Crippen LogP contribution is -2.47. The molecule has 0 atom stereocenters. The molecule has 8 heteroatoms. The van der Waals surface area contributed by atoms with E-state index in [1.807, 2.05) is 12.1 Å². The van der Waals surface area contributed by atoms with Crippen LogP contribution in [0, 0.1) is 0 Å². The number of hydrogen-bond acceptors (Lipinski definition) is 4. The van der Waals surface area contributed by atoms with Crippen LogP contribution in [0.4, 0.5) is 11.4 Å². The summed E-state index contributed by atoms with van der Waals surface area (Å²) in [4.78, 5) is 39.3. The third-order valence-corrected chi connectivity index (χ3v) is 4.28. The van der Waals surface area contributed by atoms with E-state index in [9.17, 15) is 14.4 Å². The van der Waals surface area contributed by atoms with Crippen LogP contribution >= 0.6 is 0 Å². The van der Waals surface area contributed by atoms with Crippen LogP contribution in [-0.2, 0) is 16.0 Å². The Kier molecular flexibility index (Phi) is 5.49. The Morgan fingerprint density at radius 3 is 2.37 bits per heavy atom. The Balaban J connectivity index is 1.53. The Morgan fingerprint density at radius 1 is 1.11 bits per heavy atom. The van der Waals surface area contributed by atoms with Crippen LogP contribution in [0.1, 0.15) is 28.8 Å². The Labute approximate surface area is 155 Å². The largest absolute Gasteiger partial charge is 0.322 e. The Hall–Kier alpha value is -3.64. The topological polar surface area (TPSA) is 115 Å². The maximum absolute atomic E-state index is 12.2. The number of aryl methyl sites for hydroxylation is 1. The standard InChI is InChI=1S/C19H17N5O3/c20-23-22-16-8-4-14(5-9-16)19(27)21-15-6-1-13(2-7-15)3-10-17(25)24-12-11-18(24)26/h1-2,4-9H,3,10-12H2,(H,21,27). The van der Waals surface area contributed by atoms with Crippen LogP contribution in [0.15, 0.2) is 53.6 Å². The van der Waals surface area contributed by atoms with Gasteiger partial charge in [0.2, 0.25) is 11.8 Å². The van der Waals surface area contributed by atoms with E-state index in [2.05, 4.69) is 15.3 Å². The first-order valence-corrected chi connectivity index (χ1v) is 8.45. The van der Waals surface area contributed by atoms with Crippen molar-refractivity contribution in [2.75, 3.05) is 11.9 Å². The van der Waals surface area contributed by atoms with Gasteiger partial charge in [-0.2, -0.15) is 0 Å². The monoisotopic (exact) mass is 363 g/mol. The summed E-state index contributed by atoms with van der Waals surface area (Å²) in [6.07, 6.45) is 1.28. The highest BCUT2D eigenvalue weighted by molar-refractivity contribution is 6.04. The fourth-order valence-corrected chi connectivity index (χ4v) is 2.65. The fraction of sp³-hybridized carbons (Fsp3) is 0.211. The molecule has 3 rings (SSSR count). The van der Waals surface area contributed by atoms with Crippen molar-refractivity contribution in [1.82, 2.24) is 4.90 Å². The number of carbonyl (C=O) groups excluding carboxylic acids is 3. The molecule has 136 valence electrons. The van der Waals surface area contributed by atoms with Crippen LogP contribution < -0.4 is 5.32 Å². The third-order valence-electron chi connectivity index (χ3n) is 4.28. The maximum Gasteiger partial charge on any atom is 0.255 e. The third kappa shape index (κ3) is 4.50. The zero-order chi connectivity index (χ0) is 19.2. The van der Waals surface area contributed by atoms with E-state index >= 15 is 0 Å². The van der Waals surface area contributed by atoms with E-state index in [0.29, 0.717) is 36.3 Å². The highest BCUT2D eigenvalue weighted by Gasteiger charge is 2.29. The molecular weight excluding hydrogens is 346 g/mol. The summed E-state index contributed by atoms with van der Waals surface area (Å²) in [5, 5.41) is 6.24. The summed E-state index contributed by atoms with van der Waals surface area (Å²) in [5.41, 5.74) is 10.8. The van der Waals surface area contributed by atoms with E-state index in [0.717, 1.165) is 5.56 Å². The van der Waals surface area contributed by atoms with Gasteiger partial charge in [-0.1, -0.05) is 29.4 Å². The molecule has 1 heterocycles. The molecule has 27 heavy (non-hydrogen) atoms. The molecule has 0 bridgehead atoms. The molecule has 0 aliphatic carbocycles.